The van der Waals surface area contributed by atoms with Gasteiger partial charge in [0.15, 0.2) is 4.80 Å². The third-order valence-corrected chi connectivity index (χ3v) is 7.91. The first-order valence-electron chi connectivity index (χ1n) is 12.8. The van der Waals surface area contributed by atoms with Gasteiger partial charge in [-0.05, 0) is 83.4 Å². The van der Waals surface area contributed by atoms with Crippen molar-refractivity contribution in [3.8, 4) is 11.5 Å². The number of halogens is 1. The molecule has 1 aromatic heterocycles. The number of thiazole rings is 1. The van der Waals surface area contributed by atoms with Crippen LogP contribution in [-0.2, 0) is 9.59 Å². The number of hydrogen-bond acceptors (Lipinski definition) is 7. The van der Waals surface area contributed by atoms with Gasteiger partial charge in [0.1, 0.15) is 11.5 Å². The Morgan fingerprint density at radius 3 is 2.49 bits per heavy atom. The smallest absolute Gasteiger partial charge is 0.308 e. The Labute approximate surface area is 248 Å². The molecule has 0 aliphatic carbocycles. The number of esters is 1. The van der Waals surface area contributed by atoms with E-state index in [1.807, 2.05) is 49.4 Å². The molecule has 0 spiro atoms. The minimum absolute atomic E-state index is 0.273. The summed E-state index contributed by atoms with van der Waals surface area (Å²) in [5.74, 6) is 0.317. The van der Waals surface area contributed by atoms with Crippen molar-refractivity contribution in [2.45, 2.75) is 26.8 Å². The molecule has 0 bridgehead atoms. The van der Waals surface area contributed by atoms with Crippen molar-refractivity contribution in [3.63, 3.8) is 0 Å². The maximum Gasteiger partial charge on any atom is 0.308 e. The fraction of sp³-hybridized carbons (Fsp3) is 0.161. The second kappa shape index (κ2) is 12.1. The van der Waals surface area contributed by atoms with Crippen LogP contribution >= 0.6 is 27.3 Å². The van der Waals surface area contributed by atoms with Crippen LogP contribution < -0.4 is 29.7 Å². The maximum atomic E-state index is 13.9. The number of hydrogen-bond donors (Lipinski definition) is 1. The highest BCUT2D eigenvalue weighted by Crippen LogP contribution is 2.32. The van der Waals surface area contributed by atoms with E-state index in [0.717, 1.165) is 11.1 Å². The highest BCUT2D eigenvalue weighted by atomic mass is 79.9. The van der Waals surface area contributed by atoms with Crippen molar-refractivity contribution >= 4 is 50.9 Å². The minimum Gasteiger partial charge on any atom is -0.494 e. The van der Waals surface area contributed by atoms with Gasteiger partial charge in [-0.25, -0.2) is 4.99 Å². The van der Waals surface area contributed by atoms with Crippen LogP contribution in [-0.4, -0.2) is 23.1 Å². The van der Waals surface area contributed by atoms with E-state index in [9.17, 15) is 14.4 Å². The molecule has 4 aromatic rings. The molecule has 0 radical (unpaired) electrons. The van der Waals surface area contributed by atoms with Crippen molar-refractivity contribution in [1.82, 2.24) is 4.57 Å². The molecule has 2 heterocycles. The molecule has 0 fully saturated rings. The molecule has 1 aliphatic heterocycles. The summed E-state index contributed by atoms with van der Waals surface area (Å²) in [5.41, 5.74) is 2.76. The molecule has 0 unspecified atom stereocenters. The summed E-state index contributed by atoms with van der Waals surface area (Å²) in [7, 11) is 0. The highest BCUT2D eigenvalue weighted by Gasteiger charge is 2.32. The topological polar surface area (TPSA) is 99.0 Å². The monoisotopic (exact) mass is 631 g/mol. The van der Waals surface area contributed by atoms with Crippen molar-refractivity contribution in [3.05, 3.63) is 119 Å². The van der Waals surface area contributed by atoms with E-state index in [4.69, 9.17) is 9.47 Å². The van der Waals surface area contributed by atoms with Crippen LogP contribution in [0.3, 0.4) is 0 Å². The van der Waals surface area contributed by atoms with Crippen molar-refractivity contribution in [2.75, 3.05) is 11.9 Å². The summed E-state index contributed by atoms with van der Waals surface area (Å²) < 4.78 is 13.4. The van der Waals surface area contributed by atoms with E-state index in [1.54, 1.807) is 47.9 Å². The first-order chi connectivity index (χ1) is 19.7. The molecule has 41 heavy (non-hydrogen) atoms. The van der Waals surface area contributed by atoms with Crippen LogP contribution in [0.4, 0.5) is 5.69 Å². The molecular formula is C31H26BrN3O5S. The standard InChI is InChI=1S/C31H26BrN3O5S/c1-4-39-23-13-11-21(12-14-23)28-27(29(37)34-22-8-6-5-7-9-22)18(2)33-31-35(28)30(38)26(41-31)17-20-10-15-25(24(32)16-20)40-19(3)36/h5-17,28H,4H2,1-3H3,(H,34,37)/b26-17-/t28-/m1/s1. The number of aromatic nitrogens is 1. The molecule has 208 valence electrons. The van der Waals surface area contributed by atoms with Gasteiger partial charge >= 0.3 is 5.97 Å². The number of nitrogens with zero attached hydrogens (tertiary/aromatic N) is 2. The number of carbonyl (C=O) groups is 2. The summed E-state index contributed by atoms with van der Waals surface area (Å²) >= 11 is 4.67. The average molecular weight is 633 g/mol. The third-order valence-electron chi connectivity index (χ3n) is 6.31. The molecule has 1 N–H and O–H groups in total. The molecule has 5 rings (SSSR count). The Morgan fingerprint density at radius 2 is 1.83 bits per heavy atom. The van der Waals surface area contributed by atoms with Gasteiger partial charge in [0.2, 0.25) is 0 Å². The lowest BCUT2D eigenvalue weighted by atomic mass is 9.95. The third kappa shape index (κ3) is 6.08. The number of rotatable bonds is 7. The molecule has 8 nitrogen and oxygen atoms in total. The minimum atomic E-state index is -0.703. The van der Waals surface area contributed by atoms with E-state index in [2.05, 4.69) is 26.2 Å². The SMILES string of the molecule is CCOc1ccc([C@@H]2C(C(=O)Nc3ccccc3)=C(C)N=c3s/c(=C\c4ccc(OC(C)=O)c(Br)c4)c(=O)n32)cc1. The zero-order valence-electron chi connectivity index (χ0n) is 22.5. The van der Waals surface area contributed by atoms with E-state index < -0.39 is 12.0 Å². The van der Waals surface area contributed by atoms with E-state index in [1.165, 1.54) is 18.3 Å². The number of amides is 1. The number of allylic oxidation sites excluding steroid dienone is 1. The quantitative estimate of drug-likeness (QED) is 0.230. The number of para-hydroxylation sites is 1. The van der Waals surface area contributed by atoms with Crippen molar-refractivity contribution < 1.29 is 19.1 Å². The van der Waals surface area contributed by atoms with Crippen molar-refractivity contribution in [2.24, 2.45) is 4.99 Å². The van der Waals surface area contributed by atoms with Crippen LogP contribution in [0.2, 0.25) is 0 Å². The van der Waals surface area contributed by atoms with Crippen molar-refractivity contribution in [1.29, 1.82) is 0 Å². The largest absolute Gasteiger partial charge is 0.494 e. The lowest BCUT2D eigenvalue weighted by molar-refractivity contribution is -0.131. The molecule has 0 saturated carbocycles. The van der Waals surface area contributed by atoms with Crippen LogP contribution in [0.5, 0.6) is 11.5 Å². The van der Waals surface area contributed by atoms with Gasteiger partial charge in [-0.1, -0.05) is 47.7 Å². The number of ether oxygens (including phenoxy) is 2. The summed E-state index contributed by atoms with van der Waals surface area (Å²) in [6, 6.07) is 21.0. The zero-order valence-corrected chi connectivity index (χ0v) is 24.9. The van der Waals surface area contributed by atoms with E-state index >= 15 is 0 Å². The first kappa shape index (κ1) is 28.3. The van der Waals surface area contributed by atoms with Gasteiger partial charge < -0.3 is 14.8 Å². The van der Waals surface area contributed by atoms with E-state index in [0.29, 0.717) is 48.9 Å². The molecule has 0 saturated heterocycles. The summed E-state index contributed by atoms with van der Waals surface area (Å²) in [6.07, 6.45) is 1.75. The Hall–Kier alpha value is -4.28. The molecule has 3 aromatic carbocycles. The zero-order chi connectivity index (χ0) is 29.1. The maximum absolute atomic E-state index is 13.9. The number of fused-ring (bicyclic) bond motifs is 1. The van der Waals surface area contributed by atoms with Crippen LogP contribution in [0.1, 0.15) is 37.9 Å². The predicted molar refractivity (Wildman–Crippen MR) is 162 cm³/mol. The van der Waals surface area contributed by atoms with Crippen LogP contribution in [0.15, 0.2) is 98.3 Å². The number of anilines is 1. The lowest BCUT2D eigenvalue weighted by Crippen LogP contribution is -2.40. The van der Waals surface area contributed by atoms with Gasteiger partial charge in [-0.3, -0.25) is 19.0 Å². The highest BCUT2D eigenvalue weighted by molar-refractivity contribution is 9.10. The Kier molecular flexibility index (Phi) is 8.32. The second-order valence-electron chi connectivity index (χ2n) is 9.19. The van der Waals surface area contributed by atoms with Gasteiger partial charge in [0, 0.05) is 12.6 Å². The first-order valence-corrected chi connectivity index (χ1v) is 14.5. The number of carbonyl (C=O) groups excluding carboxylic acids is 2. The Bertz CT molecular complexity index is 1840. The number of benzene rings is 3. The molecule has 1 amide bonds. The fourth-order valence-corrected chi connectivity index (χ4v) is 6.08. The number of nitrogens with one attached hydrogen (secondary N) is 1. The van der Waals surface area contributed by atoms with Gasteiger partial charge in [-0.2, -0.15) is 0 Å². The van der Waals surface area contributed by atoms with Gasteiger partial charge in [0.05, 0.1) is 32.9 Å². The lowest BCUT2D eigenvalue weighted by Gasteiger charge is -2.25. The Morgan fingerprint density at radius 1 is 1.10 bits per heavy atom. The summed E-state index contributed by atoms with van der Waals surface area (Å²) in [6.45, 7) is 5.55. The average Bonchev–Trinajstić information content (AvgIpc) is 3.24. The molecule has 10 heteroatoms. The van der Waals surface area contributed by atoms with Crippen LogP contribution in [0.25, 0.3) is 6.08 Å². The molecule has 1 atom stereocenters. The van der Waals surface area contributed by atoms with E-state index in [-0.39, 0.29) is 11.5 Å². The van der Waals surface area contributed by atoms with Gasteiger partial charge in [0.25, 0.3) is 11.5 Å². The summed E-state index contributed by atoms with van der Waals surface area (Å²) in [4.78, 5) is 44.1. The second-order valence-corrected chi connectivity index (χ2v) is 11.1. The molecule has 1 aliphatic rings. The fourth-order valence-electron chi connectivity index (χ4n) is 4.56. The normalized spacial score (nSPS) is 14.7. The van der Waals surface area contributed by atoms with Crippen LogP contribution in [0, 0.1) is 0 Å². The summed E-state index contributed by atoms with van der Waals surface area (Å²) in [5, 5.41) is 2.95. The Balaban J connectivity index is 1.62. The predicted octanol–water partition coefficient (Wildman–Crippen LogP) is 4.96. The van der Waals surface area contributed by atoms with Gasteiger partial charge in [-0.15, -0.1) is 0 Å². The molecular weight excluding hydrogens is 606 g/mol.